The Morgan fingerprint density at radius 1 is 1.35 bits per heavy atom. The Balaban J connectivity index is 1.77. The normalized spacial score (nSPS) is 10.8. The molecule has 2 heterocycles. The molecule has 1 aromatic carbocycles. The van der Waals surface area contributed by atoms with E-state index in [4.69, 9.17) is 10.2 Å². The van der Waals surface area contributed by atoms with E-state index in [0.717, 1.165) is 10.9 Å². The van der Waals surface area contributed by atoms with E-state index in [2.05, 4.69) is 10.7 Å². The predicted octanol–water partition coefficient (Wildman–Crippen LogP) is 3.31. The number of aryl methyl sites for hydroxylation is 1. The molecule has 4 nitrogen and oxygen atoms in total. The van der Waals surface area contributed by atoms with Crippen LogP contribution in [0.4, 0.5) is 5.69 Å². The zero-order chi connectivity index (χ0) is 14.1. The summed E-state index contributed by atoms with van der Waals surface area (Å²) in [6.45, 7) is 2.54. The van der Waals surface area contributed by atoms with Crippen LogP contribution >= 0.6 is 11.3 Å². The predicted molar refractivity (Wildman–Crippen MR) is 80.9 cm³/mol. The van der Waals surface area contributed by atoms with Gasteiger partial charge in [0.15, 0.2) is 5.76 Å². The number of carbonyl (C=O) groups excluding carboxylic acids is 1. The van der Waals surface area contributed by atoms with E-state index in [9.17, 15) is 4.79 Å². The topological polar surface area (TPSA) is 68.3 Å². The minimum absolute atomic E-state index is 0.217. The highest BCUT2D eigenvalue weighted by molar-refractivity contribution is 7.08. The Hall–Kier alpha value is -2.27. The maximum absolute atomic E-state index is 12.1. The SMILES string of the molecule is Cc1cscc1CNC(=O)c1cc2cc(N)ccc2o1. The fourth-order valence-corrected chi connectivity index (χ4v) is 2.86. The molecule has 0 aliphatic heterocycles. The monoisotopic (exact) mass is 286 g/mol. The summed E-state index contributed by atoms with van der Waals surface area (Å²) in [7, 11) is 0. The third kappa shape index (κ3) is 2.40. The molecule has 0 atom stereocenters. The van der Waals surface area contributed by atoms with E-state index in [1.807, 2.05) is 12.3 Å². The smallest absolute Gasteiger partial charge is 0.287 e. The van der Waals surface area contributed by atoms with Gasteiger partial charge in [0.25, 0.3) is 5.91 Å². The van der Waals surface area contributed by atoms with E-state index in [-0.39, 0.29) is 5.91 Å². The van der Waals surface area contributed by atoms with Crippen molar-refractivity contribution in [3.05, 3.63) is 51.9 Å². The number of benzene rings is 1. The number of furan rings is 1. The van der Waals surface area contributed by atoms with Gasteiger partial charge in [0, 0.05) is 17.6 Å². The molecule has 0 spiro atoms. The van der Waals surface area contributed by atoms with Crippen LogP contribution in [-0.4, -0.2) is 5.91 Å². The molecule has 5 heteroatoms. The van der Waals surface area contributed by atoms with Gasteiger partial charge in [-0.2, -0.15) is 11.3 Å². The second kappa shape index (κ2) is 5.02. The van der Waals surface area contributed by atoms with Gasteiger partial charge in [0.2, 0.25) is 0 Å². The number of thiophene rings is 1. The lowest BCUT2D eigenvalue weighted by molar-refractivity contribution is 0.0925. The molecule has 0 radical (unpaired) electrons. The van der Waals surface area contributed by atoms with Crippen LogP contribution < -0.4 is 11.1 Å². The number of hydrogen-bond donors (Lipinski definition) is 2. The molecule has 3 rings (SSSR count). The van der Waals surface area contributed by atoms with Crippen LogP contribution in [0, 0.1) is 6.92 Å². The molecule has 0 aliphatic rings. The highest BCUT2D eigenvalue weighted by atomic mass is 32.1. The quantitative estimate of drug-likeness (QED) is 0.726. The number of rotatable bonds is 3. The van der Waals surface area contributed by atoms with E-state index >= 15 is 0 Å². The first kappa shape index (κ1) is 12.7. The number of hydrogen-bond acceptors (Lipinski definition) is 4. The van der Waals surface area contributed by atoms with E-state index in [1.165, 1.54) is 5.56 Å². The van der Waals surface area contributed by atoms with Crippen molar-refractivity contribution in [1.29, 1.82) is 0 Å². The lowest BCUT2D eigenvalue weighted by atomic mass is 10.2. The van der Waals surface area contributed by atoms with Crippen molar-refractivity contribution in [1.82, 2.24) is 5.32 Å². The van der Waals surface area contributed by atoms with Gasteiger partial charge in [-0.3, -0.25) is 4.79 Å². The zero-order valence-corrected chi connectivity index (χ0v) is 11.8. The highest BCUT2D eigenvalue weighted by Crippen LogP contribution is 2.22. The molecular weight excluding hydrogens is 272 g/mol. The molecule has 0 fully saturated rings. The van der Waals surface area contributed by atoms with Crippen LogP contribution in [0.1, 0.15) is 21.7 Å². The Morgan fingerprint density at radius 3 is 2.95 bits per heavy atom. The van der Waals surface area contributed by atoms with Gasteiger partial charge in [-0.05, 0) is 53.1 Å². The summed E-state index contributed by atoms with van der Waals surface area (Å²) in [5, 5.41) is 7.79. The molecule has 1 amide bonds. The fourth-order valence-electron chi connectivity index (χ4n) is 2.00. The number of nitrogens with one attached hydrogen (secondary N) is 1. The van der Waals surface area contributed by atoms with Gasteiger partial charge in [0.05, 0.1) is 0 Å². The van der Waals surface area contributed by atoms with Crippen LogP contribution in [0.2, 0.25) is 0 Å². The molecule has 0 aliphatic carbocycles. The molecule has 0 saturated heterocycles. The first-order valence-electron chi connectivity index (χ1n) is 6.22. The standard InChI is InChI=1S/C15H14N2O2S/c1-9-7-20-8-11(9)6-17-15(18)14-5-10-4-12(16)2-3-13(10)19-14/h2-5,7-8H,6,16H2,1H3,(H,17,18). The molecule has 0 unspecified atom stereocenters. The van der Waals surface area contributed by atoms with Gasteiger partial charge >= 0.3 is 0 Å². The van der Waals surface area contributed by atoms with Crippen molar-refractivity contribution in [3.63, 3.8) is 0 Å². The first-order valence-corrected chi connectivity index (χ1v) is 7.17. The van der Waals surface area contributed by atoms with Gasteiger partial charge in [0.1, 0.15) is 5.58 Å². The average Bonchev–Trinajstić information content (AvgIpc) is 3.01. The van der Waals surface area contributed by atoms with Crippen LogP contribution in [0.15, 0.2) is 39.4 Å². The summed E-state index contributed by atoms with van der Waals surface area (Å²) in [5.74, 6) is 0.0869. The summed E-state index contributed by atoms with van der Waals surface area (Å²) in [6.07, 6.45) is 0. The Kier molecular flexibility index (Phi) is 3.20. The maximum atomic E-state index is 12.1. The lowest BCUT2D eigenvalue weighted by Gasteiger charge is -2.02. The molecule has 102 valence electrons. The summed E-state index contributed by atoms with van der Waals surface area (Å²) in [5.41, 5.74) is 9.34. The number of nitrogen functional groups attached to an aromatic ring is 1. The van der Waals surface area contributed by atoms with Crippen LogP contribution in [0.5, 0.6) is 0 Å². The number of amides is 1. The second-order valence-corrected chi connectivity index (χ2v) is 5.41. The van der Waals surface area contributed by atoms with Crippen LogP contribution in [-0.2, 0) is 6.54 Å². The fraction of sp³-hybridized carbons (Fsp3) is 0.133. The van der Waals surface area contributed by atoms with Crippen molar-refractivity contribution in [3.8, 4) is 0 Å². The molecule has 20 heavy (non-hydrogen) atoms. The molecule has 0 saturated carbocycles. The van der Waals surface area contributed by atoms with Crippen molar-refractivity contribution in [2.75, 3.05) is 5.73 Å². The summed E-state index contributed by atoms with van der Waals surface area (Å²) < 4.78 is 5.52. The van der Waals surface area contributed by atoms with Crippen LogP contribution in [0.3, 0.4) is 0 Å². The molecule has 3 N–H and O–H groups in total. The third-order valence-electron chi connectivity index (χ3n) is 3.17. The molecule has 3 aromatic rings. The van der Waals surface area contributed by atoms with Crippen LogP contribution in [0.25, 0.3) is 11.0 Å². The third-order valence-corrected chi connectivity index (χ3v) is 4.08. The summed E-state index contributed by atoms with van der Waals surface area (Å²) in [6, 6.07) is 7.02. The Labute approximate surface area is 120 Å². The van der Waals surface area contributed by atoms with E-state index in [0.29, 0.717) is 23.6 Å². The second-order valence-electron chi connectivity index (χ2n) is 4.67. The zero-order valence-electron chi connectivity index (χ0n) is 11.0. The van der Waals surface area contributed by atoms with E-state index in [1.54, 1.807) is 35.6 Å². The number of anilines is 1. The summed E-state index contributed by atoms with van der Waals surface area (Å²) in [4.78, 5) is 12.1. The van der Waals surface area contributed by atoms with Gasteiger partial charge in [-0.25, -0.2) is 0 Å². The minimum atomic E-state index is -0.217. The Bertz CT molecular complexity index is 773. The van der Waals surface area contributed by atoms with E-state index < -0.39 is 0 Å². The largest absolute Gasteiger partial charge is 0.451 e. The molecular formula is C15H14N2O2S. The number of carbonyl (C=O) groups is 1. The number of nitrogens with two attached hydrogens (primary N) is 1. The average molecular weight is 286 g/mol. The molecule has 0 bridgehead atoms. The van der Waals surface area contributed by atoms with Crippen molar-refractivity contribution < 1.29 is 9.21 Å². The van der Waals surface area contributed by atoms with Gasteiger partial charge in [-0.15, -0.1) is 0 Å². The highest BCUT2D eigenvalue weighted by Gasteiger charge is 2.12. The lowest BCUT2D eigenvalue weighted by Crippen LogP contribution is -2.22. The van der Waals surface area contributed by atoms with Crippen molar-refractivity contribution in [2.24, 2.45) is 0 Å². The van der Waals surface area contributed by atoms with Gasteiger partial charge in [-0.1, -0.05) is 0 Å². The minimum Gasteiger partial charge on any atom is -0.451 e. The number of fused-ring (bicyclic) bond motifs is 1. The first-order chi connectivity index (χ1) is 9.63. The summed E-state index contributed by atoms with van der Waals surface area (Å²) >= 11 is 1.63. The van der Waals surface area contributed by atoms with Crippen molar-refractivity contribution >= 4 is 33.9 Å². The maximum Gasteiger partial charge on any atom is 0.287 e. The Morgan fingerprint density at radius 2 is 2.20 bits per heavy atom. The molecule has 2 aromatic heterocycles. The van der Waals surface area contributed by atoms with Gasteiger partial charge < -0.3 is 15.5 Å². The van der Waals surface area contributed by atoms with Crippen molar-refractivity contribution in [2.45, 2.75) is 13.5 Å².